The molecule has 0 saturated heterocycles. The van der Waals surface area contributed by atoms with Gasteiger partial charge in [0.1, 0.15) is 12.4 Å². The molecule has 5 nitrogen and oxygen atoms in total. The predicted molar refractivity (Wildman–Crippen MR) is 119 cm³/mol. The summed E-state index contributed by atoms with van der Waals surface area (Å²) in [4.78, 5) is 0. The molecule has 0 spiro atoms. The first-order chi connectivity index (χ1) is 14.1. The summed E-state index contributed by atoms with van der Waals surface area (Å²) in [6, 6.07) is 17.9. The molecule has 29 heavy (non-hydrogen) atoms. The number of ether oxygens (including phenoxy) is 1. The minimum absolute atomic E-state index is 0.172. The molecule has 2 N–H and O–H groups in total. The Morgan fingerprint density at radius 1 is 1.10 bits per heavy atom. The van der Waals surface area contributed by atoms with E-state index in [1.807, 2.05) is 53.1 Å². The summed E-state index contributed by atoms with van der Waals surface area (Å²) in [5.74, 6) is 2.84. The predicted octanol–water partition coefficient (Wildman–Crippen LogP) is 5.17. The van der Waals surface area contributed by atoms with E-state index in [-0.39, 0.29) is 6.04 Å². The van der Waals surface area contributed by atoms with Crippen LogP contribution in [0.4, 0.5) is 0 Å². The standard InChI is InChI=1S/C23H28N4OS/c1-4-14-29-23-26-25-22(21(24)15-17(2)3)27(23)19-10-12-20(13-11-19)28-16-18-8-6-5-7-9-18/h4-13,17,21H,1,14-16,24H2,2-3H3/t21-/m0/s1. The molecular formula is C23H28N4OS. The number of benzene rings is 2. The minimum atomic E-state index is -0.172. The maximum atomic E-state index is 6.44. The molecule has 6 heteroatoms. The summed E-state index contributed by atoms with van der Waals surface area (Å²) in [5.41, 5.74) is 8.55. The van der Waals surface area contributed by atoms with Crippen LogP contribution in [0.3, 0.4) is 0 Å². The molecule has 0 bridgehead atoms. The highest BCUT2D eigenvalue weighted by Crippen LogP contribution is 2.28. The van der Waals surface area contributed by atoms with E-state index in [4.69, 9.17) is 10.5 Å². The van der Waals surface area contributed by atoms with Gasteiger partial charge >= 0.3 is 0 Å². The Bertz CT molecular complexity index is 906. The SMILES string of the molecule is C=CCSc1nnc([C@@H](N)CC(C)C)n1-c1ccc(OCc2ccccc2)cc1. The van der Waals surface area contributed by atoms with Crippen molar-refractivity contribution >= 4 is 11.8 Å². The lowest BCUT2D eigenvalue weighted by Crippen LogP contribution is -2.18. The highest BCUT2D eigenvalue weighted by atomic mass is 32.2. The average Bonchev–Trinajstić information content (AvgIpc) is 3.15. The molecule has 3 rings (SSSR count). The normalized spacial score (nSPS) is 12.1. The summed E-state index contributed by atoms with van der Waals surface area (Å²) in [5, 5.41) is 9.59. The second kappa shape index (κ2) is 10.3. The van der Waals surface area contributed by atoms with Crippen molar-refractivity contribution in [1.82, 2.24) is 14.8 Å². The molecule has 2 aromatic carbocycles. The van der Waals surface area contributed by atoms with Crippen molar-refractivity contribution in [1.29, 1.82) is 0 Å². The van der Waals surface area contributed by atoms with Crippen LogP contribution in [-0.4, -0.2) is 20.5 Å². The molecule has 0 saturated carbocycles. The third-order valence-electron chi connectivity index (χ3n) is 4.39. The Labute approximate surface area is 177 Å². The van der Waals surface area contributed by atoms with Gasteiger partial charge in [0, 0.05) is 11.4 Å². The number of aromatic nitrogens is 3. The zero-order valence-corrected chi connectivity index (χ0v) is 17.8. The van der Waals surface area contributed by atoms with Crippen LogP contribution in [0.25, 0.3) is 5.69 Å². The fourth-order valence-corrected chi connectivity index (χ4v) is 3.73. The first kappa shape index (κ1) is 21.1. The number of nitrogens with zero attached hydrogens (tertiary/aromatic N) is 3. The van der Waals surface area contributed by atoms with Crippen molar-refractivity contribution in [3.05, 3.63) is 78.6 Å². The summed E-state index contributed by atoms with van der Waals surface area (Å²) in [6.45, 7) is 8.66. The van der Waals surface area contributed by atoms with E-state index < -0.39 is 0 Å². The lowest BCUT2D eigenvalue weighted by molar-refractivity contribution is 0.306. The Balaban J connectivity index is 1.82. The zero-order chi connectivity index (χ0) is 20.6. The monoisotopic (exact) mass is 408 g/mol. The third kappa shape index (κ3) is 5.71. The van der Waals surface area contributed by atoms with Gasteiger partial charge in [-0.15, -0.1) is 16.8 Å². The summed E-state index contributed by atoms with van der Waals surface area (Å²) in [7, 11) is 0. The summed E-state index contributed by atoms with van der Waals surface area (Å²) < 4.78 is 7.95. The number of hydrogen-bond donors (Lipinski definition) is 1. The van der Waals surface area contributed by atoms with Gasteiger partial charge in [-0.2, -0.15) is 0 Å². The first-order valence-electron chi connectivity index (χ1n) is 9.80. The molecule has 0 aliphatic carbocycles. The van der Waals surface area contributed by atoms with Gasteiger partial charge in [-0.05, 0) is 42.2 Å². The molecule has 0 aliphatic heterocycles. The fraction of sp³-hybridized carbons (Fsp3) is 0.304. The molecule has 0 radical (unpaired) electrons. The highest BCUT2D eigenvalue weighted by molar-refractivity contribution is 7.99. The Hall–Kier alpha value is -2.57. The van der Waals surface area contributed by atoms with Gasteiger partial charge in [0.05, 0.1) is 6.04 Å². The van der Waals surface area contributed by atoms with E-state index >= 15 is 0 Å². The average molecular weight is 409 g/mol. The van der Waals surface area contributed by atoms with Gasteiger partial charge in [-0.3, -0.25) is 4.57 Å². The van der Waals surface area contributed by atoms with Crippen LogP contribution < -0.4 is 10.5 Å². The topological polar surface area (TPSA) is 66.0 Å². The summed E-state index contributed by atoms with van der Waals surface area (Å²) in [6.07, 6.45) is 2.71. The van der Waals surface area contributed by atoms with Crippen molar-refractivity contribution < 1.29 is 4.74 Å². The van der Waals surface area contributed by atoms with Crippen molar-refractivity contribution in [3.63, 3.8) is 0 Å². The minimum Gasteiger partial charge on any atom is -0.489 e. The number of thioether (sulfide) groups is 1. The van der Waals surface area contributed by atoms with Crippen molar-refractivity contribution in [2.24, 2.45) is 11.7 Å². The molecule has 0 fully saturated rings. The molecule has 152 valence electrons. The van der Waals surface area contributed by atoms with Gasteiger partial charge < -0.3 is 10.5 Å². The van der Waals surface area contributed by atoms with Crippen LogP contribution >= 0.6 is 11.8 Å². The second-order valence-corrected chi connectivity index (χ2v) is 8.27. The molecule has 1 heterocycles. The number of nitrogens with two attached hydrogens (primary N) is 1. The largest absolute Gasteiger partial charge is 0.489 e. The number of rotatable bonds is 10. The lowest BCUT2D eigenvalue weighted by atomic mass is 10.0. The molecule has 1 atom stereocenters. The van der Waals surface area contributed by atoms with Crippen LogP contribution in [0.1, 0.15) is 37.7 Å². The molecule has 3 aromatic rings. The van der Waals surface area contributed by atoms with Crippen LogP contribution in [0.2, 0.25) is 0 Å². The van der Waals surface area contributed by atoms with Gasteiger partial charge in [0.15, 0.2) is 11.0 Å². The van der Waals surface area contributed by atoms with Crippen molar-refractivity contribution in [2.45, 2.75) is 38.1 Å². The molecule has 0 aliphatic rings. The maximum absolute atomic E-state index is 6.44. The third-order valence-corrected chi connectivity index (χ3v) is 5.31. The van der Waals surface area contributed by atoms with E-state index in [0.29, 0.717) is 12.5 Å². The number of hydrogen-bond acceptors (Lipinski definition) is 5. The molecule has 0 amide bonds. The fourth-order valence-electron chi connectivity index (χ4n) is 3.04. The van der Waals surface area contributed by atoms with Crippen molar-refractivity contribution in [3.8, 4) is 11.4 Å². The first-order valence-corrected chi connectivity index (χ1v) is 10.8. The van der Waals surface area contributed by atoms with Crippen LogP contribution in [0, 0.1) is 5.92 Å². The lowest BCUT2D eigenvalue weighted by Gasteiger charge is -2.16. The Morgan fingerprint density at radius 3 is 2.48 bits per heavy atom. The quantitative estimate of drug-likeness (QED) is 0.370. The zero-order valence-electron chi connectivity index (χ0n) is 17.0. The van der Waals surface area contributed by atoms with E-state index in [1.54, 1.807) is 11.8 Å². The second-order valence-electron chi connectivity index (χ2n) is 7.28. The Kier molecular flexibility index (Phi) is 7.49. The van der Waals surface area contributed by atoms with Gasteiger partial charge in [-0.25, -0.2) is 0 Å². The van der Waals surface area contributed by atoms with E-state index in [2.05, 4.69) is 42.8 Å². The molecule has 1 aromatic heterocycles. The molecular weight excluding hydrogens is 380 g/mol. The smallest absolute Gasteiger partial charge is 0.196 e. The highest BCUT2D eigenvalue weighted by Gasteiger charge is 2.20. The maximum Gasteiger partial charge on any atom is 0.196 e. The van der Waals surface area contributed by atoms with Gasteiger partial charge in [0.2, 0.25) is 0 Å². The van der Waals surface area contributed by atoms with Gasteiger partial charge in [0.25, 0.3) is 0 Å². The van der Waals surface area contributed by atoms with E-state index in [0.717, 1.165) is 40.2 Å². The summed E-state index contributed by atoms with van der Waals surface area (Å²) >= 11 is 1.60. The van der Waals surface area contributed by atoms with E-state index in [1.165, 1.54) is 0 Å². The van der Waals surface area contributed by atoms with Crippen LogP contribution in [0.5, 0.6) is 5.75 Å². The van der Waals surface area contributed by atoms with Crippen LogP contribution in [0.15, 0.2) is 72.4 Å². The molecule has 0 unspecified atom stereocenters. The Morgan fingerprint density at radius 2 is 1.83 bits per heavy atom. The van der Waals surface area contributed by atoms with Crippen LogP contribution in [-0.2, 0) is 6.61 Å². The van der Waals surface area contributed by atoms with E-state index in [9.17, 15) is 0 Å². The van der Waals surface area contributed by atoms with Crippen molar-refractivity contribution in [2.75, 3.05) is 5.75 Å². The van der Waals surface area contributed by atoms with Gasteiger partial charge in [-0.1, -0.05) is 62.0 Å².